The van der Waals surface area contributed by atoms with Crippen molar-refractivity contribution in [2.45, 2.75) is 20.4 Å². The Balaban J connectivity index is 2.00. The normalized spacial score (nSPS) is 10.4. The van der Waals surface area contributed by atoms with Gasteiger partial charge in [0.05, 0.1) is 6.54 Å². The van der Waals surface area contributed by atoms with Crippen LogP contribution in [0.3, 0.4) is 0 Å². The van der Waals surface area contributed by atoms with Gasteiger partial charge in [-0.3, -0.25) is 0 Å². The van der Waals surface area contributed by atoms with Crippen LogP contribution < -0.4 is 5.32 Å². The maximum absolute atomic E-state index is 12.2. The van der Waals surface area contributed by atoms with Gasteiger partial charge in [-0.05, 0) is 48.6 Å². The second-order valence-corrected chi connectivity index (χ2v) is 6.63. The molecule has 0 aliphatic rings. The lowest BCUT2D eigenvalue weighted by molar-refractivity contribution is 0.221. The first-order chi connectivity index (χ1) is 9.47. The first-order valence-corrected chi connectivity index (χ1v) is 7.96. The Morgan fingerprint density at radius 1 is 1.30 bits per heavy atom. The molecule has 0 saturated heterocycles. The molecule has 0 saturated carbocycles. The fourth-order valence-electron chi connectivity index (χ4n) is 1.74. The molecule has 5 heteroatoms. The number of rotatable bonds is 3. The molecular formula is C15H17BrN2OS. The van der Waals surface area contributed by atoms with Crippen molar-refractivity contribution in [2.24, 2.45) is 0 Å². The zero-order valence-corrected chi connectivity index (χ0v) is 14.1. The van der Waals surface area contributed by atoms with Crippen molar-refractivity contribution < 1.29 is 4.79 Å². The highest BCUT2D eigenvalue weighted by Crippen LogP contribution is 2.21. The van der Waals surface area contributed by atoms with Crippen LogP contribution in [0.2, 0.25) is 0 Å². The minimum atomic E-state index is -0.103. The number of hydrogen-bond donors (Lipinski definition) is 1. The van der Waals surface area contributed by atoms with Gasteiger partial charge in [0, 0.05) is 22.1 Å². The molecule has 0 unspecified atom stereocenters. The molecular weight excluding hydrogens is 336 g/mol. The highest BCUT2D eigenvalue weighted by Gasteiger charge is 2.11. The maximum atomic E-state index is 12.2. The number of carbonyl (C=O) groups is 1. The Kier molecular flexibility index (Phi) is 4.83. The highest BCUT2D eigenvalue weighted by atomic mass is 79.9. The number of aryl methyl sites for hydroxylation is 2. The summed E-state index contributed by atoms with van der Waals surface area (Å²) in [5.74, 6) is 0. The number of nitrogens with zero attached hydrogens (tertiary/aromatic N) is 1. The van der Waals surface area contributed by atoms with Crippen LogP contribution in [0.25, 0.3) is 0 Å². The Labute approximate surface area is 131 Å². The van der Waals surface area contributed by atoms with E-state index in [1.165, 1.54) is 10.4 Å². The monoisotopic (exact) mass is 352 g/mol. The summed E-state index contributed by atoms with van der Waals surface area (Å²) in [6.07, 6.45) is 0. The van der Waals surface area contributed by atoms with Gasteiger partial charge in [-0.1, -0.05) is 22.0 Å². The first-order valence-electron chi connectivity index (χ1n) is 6.28. The maximum Gasteiger partial charge on any atom is 0.321 e. The number of carbonyl (C=O) groups excluding carboxylic acids is 1. The lowest BCUT2D eigenvalue weighted by Gasteiger charge is -2.18. The third-order valence-corrected chi connectivity index (χ3v) is 4.98. The predicted molar refractivity (Wildman–Crippen MR) is 88.4 cm³/mol. The summed E-state index contributed by atoms with van der Waals surface area (Å²) in [6.45, 7) is 4.71. The molecule has 0 radical (unpaired) electrons. The van der Waals surface area contributed by atoms with Crippen molar-refractivity contribution >= 4 is 39.0 Å². The molecule has 106 valence electrons. The van der Waals surface area contributed by atoms with Gasteiger partial charge in [0.25, 0.3) is 0 Å². The molecule has 2 aromatic rings. The van der Waals surface area contributed by atoms with E-state index in [2.05, 4.69) is 34.2 Å². The third-order valence-electron chi connectivity index (χ3n) is 3.12. The standard InChI is InChI=1S/C15H17BrN2OS/c1-10-4-5-12(8-13(10)16)17-15(19)18(3)9-14-11(2)6-7-20-14/h4-8H,9H2,1-3H3,(H,17,19). The molecule has 1 N–H and O–H groups in total. The molecule has 0 bridgehead atoms. The Bertz CT molecular complexity index is 624. The van der Waals surface area contributed by atoms with Gasteiger partial charge < -0.3 is 10.2 Å². The second kappa shape index (κ2) is 6.41. The smallest absolute Gasteiger partial charge is 0.321 e. The van der Waals surface area contributed by atoms with Crippen molar-refractivity contribution in [3.05, 3.63) is 50.1 Å². The number of nitrogens with one attached hydrogen (secondary N) is 1. The quantitative estimate of drug-likeness (QED) is 0.845. The van der Waals surface area contributed by atoms with E-state index in [-0.39, 0.29) is 6.03 Å². The van der Waals surface area contributed by atoms with E-state index >= 15 is 0 Å². The summed E-state index contributed by atoms with van der Waals surface area (Å²) in [6, 6.07) is 7.76. The molecule has 0 aliphatic carbocycles. The first kappa shape index (κ1) is 15.1. The Hall–Kier alpha value is -1.33. The minimum Gasteiger partial charge on any atom is -0.322 e. The molecule has 2 rings (SSSR count). The lowest BCUT2D eigenvalue weighted by atomic mass is 10.2. The van der Waals surface area contributed by atoms with Crippen LogP contribution in [-0.4, -0.2) is 18.0 Å². The fourth-order valence-corrected chi connectivity index (χ4v) is 3.08. The summed E-state index contributed by atoms with van der Waals surface area (Å²) >= 11 is 5.14. The van der Waals surface area contributed by atoms with Gasteiger partial charge in [0.2, 0.25) is 0 Å². The van der Waals surface area contributed by atoms with Crippen molar-refractivity contribution in [3.8, 4) is 0 Å². The van der Waals surface area contributed by atoms with Crippen LogP contribution in [0.15, 0.2) is 34.1 Å². The van der Waals surface area contributed by atoms with E-state index in [1.54, 1.807) is 23.3 Å². The molecule has 0 spiro atoms. The zero-order valence-electron chi connectivity index (χ0n) is 11.7. The van der Waals surface area contributed by atoms with E-state index in [1.807, 2.05) is 30.5 Å². The molecule has 0 atom stereocenters. The van der Waals surface area contributed by atoms with E-state index in [0.29, 0.717) is 6.54 Å². The van der Waals surface area contributed by atoms with Crippen molar-refractivity contribution in [3.63, 3.8) is 0 Å². The summed E-state index contributed by atoms with van der Waals surface area (Å²) < 4.78 is 0.993. The molecule has 1 heterocycles. The largest absolute Gasteiger partial charge is 0.322 e. The Morgan fingerprint density at radius 3 is 2.65 bits per heavy atom. The van der Waals surface area contributed by atoms with Crippen LogP contribution in [0, 0.1) is 13.8 Å². The lowest BCUT2D eigenvalue weighted by Crippen LogP contribution is -2.30. The van der Waals surface area contributed by atoms with Gasteiger partial charge in [-0.25, -0.2) is 4.79 Å². The van der Waals surface area contributed by atoms with E-state index in [9.17, 15) is 4.79 Å². The summed E-state index contributed by atoms with van der Waals surface area (Å²) in [4.78, 5) is 15.1. The minimum absolute atomic E-state index is 0.103. The molecule has 20 heavy (non-hydrogen) atoms. The van der Waals surface area contributed by atoms with Crippen LogP contribution in [-0.2, 0) is 6.54 Å². The molecule has 2 amide bonds. The van der Waals surface area contributed by atoms with Crippen LogP contribution in [0.1, 0.15) is 16.0 Å². The van der Waals surface area contributed by atoms with Crippen molar-refractivity contribution in [2.75, 3.05) is 12.4 Å². The van der Waals surface area contributed by atoms with E-state index in [4.69, 9.17) is 0 Å². The average molecular weight is 353 g/mol. The van der Waals surface area contributed by atoms with Crippen molar-refractivity contribution in [1.29, 1.82) is 0 Å². The summed E-state index contributed by atoms with van der Waals surface area (Å²) in [5.41, 5.74) is 3.17. The molecule has 1 aromatic heterocycles. The van der Waals surface area contributed by atoms with Gasteiger partial charge in [0.1, 0.15) is 0 Å². The number of thiophene rings is 1. The van der Waals surface area contributed by atoms with Gasteiger partial charge in [0.15, 0.2) is 0 Å². The highest BCUT2D eigenvalue weighted by molar-refractivity contribution is 9.10. The van der Waals surface area contributed by atoms with E-state index in [0.717, 1.165) is 15.7 Å². The number of urea groups is 1. The molecule has 0 aliphatic heterocycles. The molecule has 3 nitrogen and oxygen atoms in total. The number of anilines is 1. The SMILES string of the molecule is Cc1ccc(NC(=O)N(C)Cc2sccc2C)cc1Br. The second-order valence-electron chi connectivity index (χ2n) is 4.78. The predicted octanol–water partition coefficient (Wildman–Crippen LogP) is 4.79. The van der Waals surface area contributed by atoms with E-state index < -0.39 is 0 Å². The number of halogens is 1. The fraction of sp³-hybridized carbons (Fsp3) is 0.267. The molecule has 0 fully saturated rings. The third kappa shape index (κ3) is 3.61. The zero-order chi connectivity index (χ0) is 14.7. The topological polar surface area (TPSA) is 32.3 Å². The average Bonchev–Trinajstić information content (AvgIpc) is 2.79. The van der Waals surface area contributed by atoms with Crippen LogP contribution in [0.5, 0.6) is 0 Å². The number of benzene rings is 1. The summed E-state index contributed by atoms with van der Waals surface area (Å²) in [5, 5.41) is 4.95. The van der Waals surface area contributed by atoms with Crippen LogP contribution >= 0.6 is 27.3 Å². The van der Waals surface area contributed by atoms with Gasteiger partial charge in [-0.2, -0.15) is 0 Å². The summed E-state index contributed by atoms with van der Waals surface area (Å²) in [7, 11) is 1.80. The number of amides is 2. The molecule has 1 aromatic carbocycles. The Morgan fingerprint density at radius 2 is 2.05 bits per heavy atom. The van der Waals surface area contributed by atoms with Crippen molar-refractivity contribution in [1.82, 2.24) is 4.90 Å². The number of hydrogen-bond acceptors (Lipinski definition) is 2. The van der Waals surface area contributed by atoms with Gasteiger partial charge in [-0.15, -0.1) is 11.3 Å². The van der Waals surface area contributed by atoms with Crippen LogP contribution in [0.4, 0.5) is 10.5 Å². The van der Waals surface area contributed by atoms with Gasteiger partial charge >= 0.3 is 6.03 Å².